The Morgan fingerprint density at radius 2 is 2.17 bits per heavy atom. The van der Waals surface area contributed by atoms with Crippen molar-refractivity contribution < 1.29 is 9.53 Å². The van der Waals surface area contributed by atoms with Crippen LogP contribution < -0.4 is 5.32 Å². The molecule has 0 saturated carbocycles. The standard InChI is InChI=1S/C18H30N4O2/c1-12(2)16-18(5-7-24-8-6-18)11-22(16)17(23)19-13(3)9-15-10-14(4)20-21-15/h10,12-13,16H,5-9,11H2,1-4H3,(H,19,23)(H,20,21). The molecule has 0 radical (unpaired) electrons. The molecule has 0 aromatic carbocycles. The smallest absolute Gasteiger partial charge is 0.317 e. The molecule has 2 aliphatic heterocycles. The van der Waals surface area contributed by atoms with Crippen LogP contribution in [0.15, 0.2) is 6.07 Å². The SMILES string of the molecule is Cc1cc(CC(C)NC(=O)N2CC3(CCOCC3)C2C(C)C)n[nH]1. The van der Waals surface area contributed by atoms with Crippen LogP contribution in [0.2, 0.25) is 0 Å². The lowest BCUT2D eigenvalue weighted by Crippen LogP contribution is -2.71. The van der Waals surface area contributed by atoms with Gasteiger partial charge in [0.25, 0.3) is 0 Å². The van der Waals surface area contributed by atoms with E-state index in [9.17, 15) is 4.79 Å². The molecule has 0 aliphatic carbocycles. The zero-order valence-corrected chi connectivity index (χ0v) is 15.3. The molecule has 2 saturated heterocycles. The normalized spacial score (nSPS) is 24.0. The summed E-state index contributed by atoms with van der Waals surface area (Å²) in [6.45, 7) is 11.0. The summed E-state index contributed by atoms with van der Waals surface area (Å²) < 4.78 is 5.53. The predicted octanol–water partition coefficient (Wildman–Crippen LogP) is 2.50. The van der Waals surface area contributed by atoms with Crippen molar-refractivity contribution >= 4 is 6.03 Å². The number of ether oxygens (including phenoxy) is 1. The maximum absolute atomic E-state index is 12.7. The van der Waals surface area contributed by atoms with E-state index in [4.69, 9.17) is 4.74 Å². The number of carbonyl (C=O) groups is 1. The molecule has 2 fully saturated rings. The predicted molar refractivity (Wildman–Crippen MR) is 92.8 cm³/mol. The van der Waals surface area contributed by atoms with Gasteiger partial charge >= 0.3 is 6.03 Å². The third-order valence-electron chi connectivity index (χ3n) is 5.47. The van der Waals surface area contributed by atoms with Crippen LogP contribution in [-0.4, -0.2) is 53.0 Å². The lowest BCUT2D eigenvalue weighted by atomic mass is 9.63. The second-order valence-electron chi connectivity index (χ2n) is 7.89. The van der Waals surface area contributed by atoms with Gasteiger partial charge in [-0.1, -0.05) is 13.8 Å². The third kappa shape index (κ3) is 3.29. The van der Waals surface area contributed by atoms with Crippen molar-refractivity contribution in [3.63, 3.8) is 0 Å². The average molecular weight is 334 g/mol. The van der Waals surface area contributed by atoms with Crippen molar-refractivity contribution in [2.24, 2.45) is 11.3 Å². The van der Waals surface area contributed by atoms with Gasteiger partial charge < -0.3 is 15.0 Å². The fourth-order valence-electron chi connectivity index (χ4n) is 4.48. The van der Waals surface area contributed by atoms with Crippen LogP contribution in [0.5, 0.6) is 0 Å². The maximum atomic E-state index is 12.7. The summed E-state index contributed by atoms with van der Waals surface area (Å²) in [5.74, 6) is 0.465. The first-order chi connectivity index (χ1) is 11.4. The molecular formula is C18H30N4O2. The molecule has 6 heteroatoms. The van der Waals surface area contributed by atoms with E-state index in [1.807, 2.05) is 24.8 Å². The first-order valence-corrected chi connectivity index (χ1v) is 9.07. The second-order valence-corrected chi connectivity index (χ2v) is 7.89. The Labute approximate surface area is 144 Å². The fraction of sp³-hybridized carbons (Fsp3) is 0.778. The van der Waals surface area contributed by atoms with Gasteiger partial charge in [0.1, 0.15) is 0 Å². The van der Waals surface area contributed by atoms with Gasteiger partial charge in [-0.2, -0.15) is 5.10 Å². The molecule has 1 aromatic rings. The summed E-state index contributed by atoms with van der Waals surface area (Å²) in [6, 6.07) is 2.48. The minimum atomic E-state index is 0.0607. The van der Waals surface area contributed by atoms with E-state index in [1.54, 1.807) is 0 Å². The molecule has 2 aliphatic rings. The number of aromatic amines is 1. The Bertz CT molecular complexity index is 577. The Hall–Kier alpha value is -1.56. The summed E-state index contributed by atoms with van der Waals surface area (Å²) in [5, 5.41) is 10.3. The van der Waals surface area contributed by atoms with Crippen molar-refractivity contribution in [3.8, 4) is 0 Å². The van der Waals surface area contributed by atoms with E-state index in [2.05, 4.69) is 29.4 Å². The number of likely N-dealkylation sites (tertiary alicyclic amines) is 1. The summed E-state index contributed by atoms with van der Waals surface area (Å²) in [6.07, 6.45) is 2.89. The molecule has 3 heterocycles. The third-order valence-corrected chi connectivity index (χ3v) is 5.47. The van der Waals surface area contributed by atoms with Crippen LogP contribution in [0.3, 0.4) is 0 Å². The number of hydrogen-bond acceptors (Lipinski definition) is 3. The van der Waals surface area contributed by atoms with Crippen LogP contribution in [0.1, 0.15) is 45.0 Å². The van der Waals surface area contributed by atoms with E-state index < -0.39 is 0 Å². The van der Waals surface area contributed by atoms with Crippen LogP contribution in [-0.2, 0) is 11.2 Å². The molecule has 0 bridgehead atoms. The molecule has 2 unspecified atom stereocenters. The van der Waals surface area contributed by atoms with Crippen LogP contribution >= 0.6 is 0 Å². The highest BCUT2D eigenvalue weighted by Gasteiger charge is 2.55. The zero-order valence-electron chi connectivity index (χ0n) is 15.3. The number of amides is 2. The minimum Gasteiger partial charge on any atom is -0.381 e. The molecule has 134 valence electrons. The van der Waals surface area contributed by atoms with Crippen molar-refractivity contribution in [1.29, 1.82) is 0 Å². The second kappa shape index (κ2) is 6.75. The van der Waals surface area contributed by atoms with E-state index in [0.717, 1.165) is 50.4 Å². The Kier molecular flexibility index (Phi) is 4.85. The van der Waals surface area contributed by atoms with E-state index in [0.29, 0.717) is 12.0 Å². The summed E-state index contributed by atoms with van der Waals surface area (Å²) in [4.78, 5) is 14.8. The van der Waals surface area contributed by atoms with Crippen molar-refractivity contribution in [1.82, 2.24) is 20.4 Å². The molecule has 2 amide bonds. The lowest BCUT2D eigenvalue weighted by molar-refractivity contribution is -0.125. The minimum absolute atomic E-state index is 0.0607. The van der Waals surface area contributed by atoms with E-state index in [1.165, 1.54) is 0 Å². The van der Waals surface area contributed by atoms with Gasteiger partial charge in [-0.15, -0.1) is 0 Å². The molecule has 1 aromatic heterocycles. The topological polar surface area (TPSA) is 70.2 Å². The van der Waals surface area contributed by atoms with Crippen LogP contribution in [0.4, 0.5) is 4.79 Å². The number of aromatic nitrogens is 2. The molecule has 1 spiro atoms. The Morgan fingerprint density at radius 3 is 2.75 bits per heavy atom. The number of hydrogen-bond donors (Lipinski definition) is 2. The number of H-pyrrole nitrogens is 1. The zero-order chi connectivity index (χ0) is 17.3. The van der Waals surface area contributed by atoms with Crippen molar-refractivity contribution in [2.45, 2.75) is 59.0 Å². The first kappa shape index (κ1) is 17.3. The maximum Gasteiger partial charge on any atom is 0.317 e. The van der Waals surface area contributed by atoms with Gasteiger partial charge in [0.2, 0.25) is 0 Å². The summed E-state index contributed by atoms with van der Waals surface area (Å²) >= 11 is 0. The molecule has 3 rings (SSSR count). The van der Waals surface area contributed by atoms with Gasteiger partial charge in [0.15, 0.2) is 0 Å². The fourth-order valence-corrected chi connectivity index (χ4v) is 4.48. The Balaban J connectivity index is 1.58. The van der Waals surface area contributed by atoms with Crippen LogP contribution in [0, 0.1) is 18.3 Å². The van der Waals surface area contributed by atoms with Crippen LogP contribution in [0.25, 0.3) is 0 Å². The van der Waals surface area contributed by atoms with Gasteiger partial charge in [0, 0.05) is 49.4 Å². The number of nitrogens with zero attached hydrogens (tertiary/aromatic N) is 2. The summed E-state index contributed by atoms with van der Waals surface area (Å²) in [5.41, 5.74) is 2.31. The molecule has 2 N–H and O–H groups in total. The lowest BCUT2D eigenvalue weighted by Gasteiger charge is -2.60. The van der Waals surface area contributed by atoms with Crippen molar-refractivity contribution in [2.75, 3.05) is 19.8 Å². The van der Waals surface area contributed by atoms with Crippen molar-refractivity contribution in [3.05, 3.63) is 17.5 Å². The number of rotatable bonds is 4. The molecular weight excluding hydrogens is 304 g/mol. The van der Waals surface area contributed by atoms with Gasteiger partial charge in [-0.3, -0.25) is 5.10 Å². The monoisotopic (exact) mass is 334 g/mol. The van der Waals surface area contributed by atoms with E-state index >= 15 is 0 Å². The van der Waals surface area contributed by atoms with E-state index in [-0.39, 0.29) is 17.5 Å². The highest BCUT2D eigenvalue weighted by molar-refractivity contribution is 5.76. The number of urea groups is 1. The summed E-state index contributed by atoms with van der Waals surface area (Å²) in [7, 11) is 0. The van der Waals surface area contributed by atoms with Gasteiger partial charge in [-0.25, -0.2) is 4.79 Å². The number of aryl methyl sites for hydroxylation is 1. The molecule has 24 heavy (non-hydrogen) atoms. The highest BCUT2D eigenvalue weighted by atomic mass is 16.5. The van der Waals surface area contributed by atoms with Gasteiger partial charge in [-0.05, 0) is 38.7 Å². The highest BCUT2D eigenvalue weighted by Crippen LogP contribution is 2.48. The number of carbonyl (C=O) groups excluding carboxylic acids is 1. The number of nitrogens with one attached hydrogen (secondary N) is 2. The largest absolute Gasteiger partial charge is 0.381 e. The van der Waals surface area contributed by atoms with Gasteiger partial charge in [0.05, 0.1) is 5.69 Å². The Morgan fingerprint density at radius 1 is 1.46 bits per heavy atom. The molecule has 6 nitrogen and oxygen atoms in total. The quantitative estimate of drug-likeness (QED) is 0.889. The average Bonchev–Trinajstić information content (AvgIpc) is 2.90. The first-order valence-electron chi connectivity index (χ1n) is 9.07. The molecule has 2 atom stereocenters.